The first kappa shape index (κ1) is 24.3. The predicted octanol–water partition coefficient (Wildman–Crippen LogP) is 1.10. The Morgan fingerprint density at radius 2 is 2.00 bits per heavy atom. The molecule has 0 spiro atoms. The van der Waals surface area contributed by atoms with E-state index < -0.39 is 27.9 Å². The highest BCUT2D eigenvalue weighted by molar-refractivity contribution is 7.93. The van der Waals surface area contributed by atoms with Gasteiger partial charge in [-0.15, -0.1) is 11.3 Å². The van der Waals surface area contributed by atoms with Crippen molar-refractivity contribution in [2.45, 2.75) is 30.7 Å². The Labute approximate surface area is 197 Å². The van der Waals surface area contributed by atoms with Crippen LogP contribution in [0.15, 0.2) is 33.5 Å². The third-order valence-electron chi connectivity index (χ3n) is 4.51. The predicted molar refractivity (Wildman–Crippen MR) is 126 cm³/mol. The highest BCUT2D eigenvalue weighted by Crippen LogP contribution is 2.30. The van der Waals surface area contributed by atoms with Gasteiger partial charge >= 0.3 is 5.97 Å². The molecule has 1 amide bonds. The summed E-state index contributed by atoms with van der Waals surface area (Å²) in [5, 5.41) is 13.4. The zero-order valence-electron chi connectivity index (χ0n) is 17.3. The third-order valence-corrected chi connectivity index (χ3v) is 7.51. The summed E-state index contributed by atoms with van der Waals surface area (Å²) in [6.07, 6.45) is 0.409. The summed E-state index contributed by atoms with van der Waals surface area (Å²) >= 11 is 1.87. The number of thiophene rings is 1. The number of benzene rings is 1. The molecule has 0 radical (unpaired) electrons. The zero-order valence-corrected chi connectivity index (χ0v) is 19.8. The second kappa shape index (κ2) is 10.1. The van der Waals surface area contributed by atoms with Gasteiger partial charge in [-0.3, -0.25) is 14.5 Å². The van der Waals surface area contributed by atoms with Crippen molar-refractivity contribution in [3.8, 4) is 0 Å². The Bertz CT molecular complexity index is 1310. The molecule has 0 aliphatic heterocycles. The summed E-state index contributed by atoms with van der Waals surface area (Å²) in [6, 6.07) is 3.53. The lowest BCUT2D eigenvalue weighted by Crippen LogP contribution is -2.40. The molecule has 0 fully saturated rings. The van der Waals surface area contributed by atoms with Crippen LogP contribution in [-0.4, -0.2) is 52.7 Å². The maximum atomic E-state index is 13.1. The van der Waals surface area contributed by atoms with Crippen molar-refractivity contribution in [3.63, 3.8) is 0 Å². The van der Waals surface area contributed by atoms with Crippen molar-refractivity contribution >= 4 is 67.6 Å². The van der Waals surface area contributed by atoms with Crippen LogP contribution in [0.1, 0.15) is 28.1 Å². The minimum Gasteiger partial charge on any atom is -0.480 e. The zero-order chi connectivity index (χ0) is 24.2. The SMILES string of the molecule is Cc1ccc2nsnc2c1S(=O)(=O)Nc1ccsc1C(=O)N[C@@H](CCCN=C(N)N)C(=O)O. The number of nitrogens with zero attached hydrogens (tertiary/aromatic N) is 3. The van der Waals surface area contributed by atoms with Crippen LogP contribution in [-0.2, 0) is 14.8 Å². The van der Waals surface area contributed by atoms with E-state index in [2.05, 4.69) is 23.8 Å². The molecule has 3 rings (SSSR count). The third kappa shape index (κ3) is 5.74. The van der Waals surface area contributed by atoms with Crippen molar-refractivity contribution in [1.29, 1.82) is 0 Å². The number of fused-ring (bicyclic) bond motifs is 1. The van der Waals surface area contributed by atoms with E-state index in [1.165, 1.54) is 11.4 Å². The number of carbonyl (C=O) groups is 2. The maximum absolute atomic E-state index is 13.1. The molecule has 12 nitrogen and oxygen atoms in total. The molecule has 3 aromatic rings. The van der Waals surface area contributed by atoms with E-state index in [1.807, 2.05) is 0 Å². The first-order valence-corrected chi connectivity index (χ1v) is 12.6. The van der Waals surface area contributed by atoms with Crippen LogP contribution in [0.25, 0.3) is 11.0 Å². The summed E-state index contributed by atoms with van der Waals surface area (Å²) < 4.78 is 36.8. The van der Waals surface area contributed by atoms with Gasteiger partial charge in [-0.1, -0.05) is 6.07 Å². The van der Waals surface area contributed by atoms with Gasteiger partial charge < -0.3 is 21.9 Å². The summed E-state index contributed by atoms with van der Waals surface area (Å²) in [5.74, 6) is -2.06. The molecule has 2 aromatic heterocycles. The fourth-order valence-electron chi connectivity index (χ4n) is 3.01. The van der Waals surface area contributed by atoms with Crippen LogP contribution in [0.4, 0.5) is 5.69 Å². The molecule has 7 N–H and O–H groups in total. The number of anilines is 1. The quantitative estimate of drug-likeness (QED) is 0.150. The first-order valence-electron chi connectivity index (χ1n) is 9.51. The summed E-state index contributed by atoms with van der Waals surface area (Å²) in [7, 11) is -4.11. The van der Waals surface area contributed by atoms with Gasteiger partial charge in [-0.25, -0.2) is 13.2 Å². The number of rotatable bonds is 10. The van der Waals surface area contributed by atoms with E-state index in [0.717, 1.165) is 23.1 Å². The van der Waals surface area contributed by atoms with Crippen LogP contribution in [0.3, 0.4) is 0 Å². The minimum absolute atomic E-state index is 0.0234. The van der Waals surface area contributed by atoms with Gasteiger partial charge in [-0.2, -0.15) is 8.75 Å². The second-order valence-corrected chi connectivity index (χ2v) is 9.99. The molecular weight excluding hydrogens is 490 g/mol. The molecule has 1 atom stereocenters. The average molecular weight is 512 g/mol. The molecule has 15 heteroatoms. The minimum atomic E-state index is -4.11. The van der Waals surface area contributed by atoms with E-state index in [-0.39, 0.29) is 39.9 Å². The van der Waals surface area contributed by atoms with Crippen molar-refractivity contribution in [3.05, 3.63) is 34.0 Å². The second-order valence-electron chi connectivity index (χ2n) is 6.93. The number of nitrogens with two attached hydrogens (primary N) is 2. The fraction of sp³-hybridized carbons (Fsp3) is 0.278. The highest BCUT2D eigenvalue weighted by Gasteiger charge is 2.27. The van der Waals surface area contributed by atoms with Gasteiger partial charge in [0.2, 0.25) is 0 Å². The van der Waals surface area contributed by atoms with Gasteiger partial charge in [0.25, 0.3) is 15.9 Å². The Morgan fingerprint density at radius 3 is 2.70 bits per heavy atom. The molecule has 1 aromatic carbocycles. The fourth-order valence-corrected chi connectivity index (χ4v) is 5.89. The van der Waals surface area contributed by atoms with E-state index >= 15 is 0 Å². The van der Waals surface area contributed by atoms with Gasteiger partial charge in [0.1, 0.15) is 26.8 Å². The summed E-state index contributed by atoms with van der Waals surface area (Å²) in [5.41, 5.74) is 11.7. The molecular formula is C18H21N7O5S3. The number of hydrogen-bond donors (Lipinski definition) is 5. The molecule has 0 unspecified atom stereocenters. The Hall–Kier alpha value is -3.30. The Morgan fingerprint density at radius 1 is 1.24 bits per heavy atom. The molecule has 0 saturated carbocycles. The molecule has 0 saturated heterocycles. The topological polar surface area (TPSA) is 203 Å². The Balaban J connectivity index is 1.79. The number of aliphatic carboxylic acids is 1. The molecule has 0 aliphatic carbocycles. The summed E-state index contributed by atoms with van der Waals surface area (Å²) in [4.78, 5) is 28.1. The number of aryl methyl sites for hydroxylation is 1. The van der Waals surface area contributed by atoms with E-state index in [9.17, 15) is 23.1 Å². The van der Waals surface area contributed by atoms with E-state index in [0.29, 0.717) is 17.5 Å². The number of aliphatic imine (C=N–C) groups is 1. The first-order chi connectivity index (χ1) is 15.6. The highest BCUT2D eigenvalue weighted by atomic mass is 32.2. The number of carboxylic acids is 1. The van der Waals surface area contributed by atoms with Gasteiger partial charge in [-0.05, 0) is 42.8 Å². The van der Waals surface area contributed by atoms with Crippen LogP contribution < -0.4 is 21.5 Å². The summed E-state index contributed by atoms with van der Waals surface area (Å²) in [6.45, 7) is 1.84. The number of carbonyl (C=O) groups excluding carboxylic acids is 1. The monoisotopic (exact) mass is 511 g/mol. The van der Waals surface area contributed by atoms with E-state index in [4.69, 9.17) is 11.5 Å². The average Bonchev–Trinajstić information content (AvgIpc) is 3.38. The largest absolute Gasteiger partial charge is 0.480 e. The normalized spacial score (nSPS) is 12.3. The molecule has 176 valence electrons. The molecule has 0 bridgehead atoms. The molecule has 33 heavy (non-hydrogen) atoms. The molecule has 0 aliphatic rings. The smallest absolute Gasteiger partial charge is 0.326 e. The lowest BCUT2D eigenvalue weighted by atomic mass is 10.1. The number of hydrogen-bond acceptors (Lipinski definition) is 9. The molecule has 2 heterocycles. The lowest BCUT2D eigenvalue weighted by Gasteiger charge is -2.15. The van der Waals surface area contributed by atoms with Gasteiger partial charge in [0.15, 0.2) is 5.96 Å². The number of amides is 1. The van der Waals surface area contributed by atoms with Crippen LogP contribution >= 0.6 is 23.1 Å². The van der Waals surface area contributed by atoms with Crippen LogP contribution in [0.5, 0.6) is 0 Å². The van der Waals surface area contributed by atoms with Crippen molar-refractivity contribution in [1.82, 2.24) is 14.1 Å². The Kier molecular flexibility index (Phi) is 7.45. The van der Waals surface area contributed by atoms with Gasteiger partial charge in [0, 0.05) is 6.54 Å². The van der Waals surface area contributed by atoms with Gasteiger partial charge in [0.05, 0.1) is 17.4 Å². The maximum Gasteiger partial charge on any atom is 0.326 e. The van der Waals surface area contributed by atoms with Crippen molar-refractivity contribution < 1.29 is 23.1 Å². The van der Waals surface area contributed by atoms with Crippen molar-refractivity contribution in [2.75, 3.05) is 11.3 Å². The number of guanidine groups is 1. The van der Waals surface area contributed by atoms with Crippen molar-refractivity contribution in [2.24, 2.45) is 16.5 Å². The standard InChI is InChI=1S/C18H21N7O5S3/c1-9-4-5-10-13(24-32-23-10)15(9)33(29,30)25-11-6-8-31-14(11)16(26)22-12(17(27)28)3-2-7-21-18(19)20/h4-6,8,12,25H,2-3,7H2,1H3,(H,22,26)(H,27,28)(H4,19,20,21)/t12-/m0/s1. The number of carboxylic acid groups (broad SMARTS) is 1. The van der Waals surface area contributed by atoms with Crippen LogP contribution in [0, 0.1) is 6.92 Å². The van der Waals surface area contributed by atoms with Crippen LogP contribution in [0.2, 0.25) is 0 Å². The lowest BCUT2D eigenvalue weighted by molar-refractivity contribution is -0.139. The number of aromatic nitrogens is 2. The number of nitrogens with one attached hydrogen (secondary N) is 2. The van der Waals surface area contributed by atoms with E-state index in [1.54, 1.807) is 19.1 Å². The number of sulfonamides is 1.